The van der Waals surface area contributed by atoms with Gasteiger partial charge in [0, 0.05) is 125 Å². The molecular formula is C71H86ClN15O6. The number of anilines is 4. The number of carbonyl (C=O) groups is 4. The highest BCUT2D eigenvalue weighted by Gasteiger charge is 2.37. The van der Waals surface area contributed by atoms with Gasteiger partial charge >= 0.3 is 12.0 Å². The standard InChI is InChI=1S/C35H42N8O3.C33H41N7O2.C3H3ClO/c1-5-32(44)43-19-18-42(21-27(43)20-36-2)34-29-15-17-41(31-14-8-11-25-10-6-7-13-28(25)31)22-30(29)37-35(38-34)46-24-26-12-9-16-40(26)23-33(45)39(3)4;1-34-19-24-9-7-17-40(20-24)32-28-15-18-39(30-14-6-11-25-10-4-5-13-27(25)30)21-29(28)35-33(36-32)42-23-26-12-8-16-38(26)22-31(41)37(2)3;1-2-3(4)5/h5-8,10-11,13-14,26-27H,1,9,12,15-24H2,3-4H3;4-6,10-11,13-14,24,26H,7-9,12,15-23H2,2-3H3;2H,1H2/t;24?,26-;/m.0./s1. The largest absolute Gasteiger partial charge is 0.462 e. The molecule has 0 radical (unpaired) electrons. The molecule has 6 aromatic rings. The van der Waals surface area contributed by atoms with Gasteiger partial charge in [0.05, 0.1) is 37.6 Å². The zero-order valence-electron chi connectivity index (χ0n) is 54.2. The number of halogens is 1. The Balaban J connectivity index is 0.000000190. The molecule has 4 saturated heterocycles. The van der Waals surface area contributed by atoms with Crippen molar-refractivity contribution in [3.63, 3.8) is 0 Å². The van der Waals surface area contributed by atoms with Crippen LogP contribution in [0.4, 0.5) is 23.0 Å². The molecule has 4 aromatic carbocycles. The van der Waals surface area contributed by atoms with Crippen molar-refractivity contribution >= 4 is 79.1 Å². The summed E-state index contributed by atoms with van der Waals surface area (Å²) in [6, 6.07) is 30.6. The third-order valence-corrected chi connectivity index (χ3v) is 18.8. The van der Waals surface area contributed by atoms with Gasteiger partial charge in [0.2, 0.25) is 36.1 Å². The maximum atomic E-state index is 12.6. The molecule has 4 fully saturated rings. The van der Waals surface area contributed by atoms with E-state index < -0.39 is 5.24 Å². The molecule has 12 rings (SSSR count). The van der Waals surface area contributed by atoms with Gasteiger partial charge in [-0.15, -0.1) is 0 Å². The molecule has 22 heteroatoms. The molecule has 4 atom stereocenters. The molecule has 0 aliphatic carbocycles. The van der Waals surface area contributed by atoms with Crippen molar-refractivity contribution in [1.82, 2.24) is 44.4 Å². The number of piperazine rings is 1. The molecule has 6 aliphatic rings. The zero-order valence-corrected chi connectivity index (χ0v) is 54.9. The van der Waals surface area contributed by atoms with Gasteiger partial charge in [-0.1, -0.05) is 86.0 Å². The lowest BCUT2D eigenvalue weighted by Crippen LogP contribution is -2.56. The number of rotatable bonds is 18. The summed E-state index contributed by atoms with van der Waals surface area (Å²) >= 11 is 4.71. The van der Waals surface area contributed by atoms with Crippen LogP contribution in [0.3, 0.4) is 0 Å². The van der Waals surface area contributed by atoms with Gasteiger partial charge in [0.15, 0.2) is 0 Å². The fourth-order valence-corrected chi connectivity index (χ4v) is 13.6. The molecule has 8 heterocycles. The van der Waals surface area contributed by atoms with E-state index in [9.17, 15) is 19.2 Å². The van der Waals surface area contributed by atoms with Gasteiger partial charge < -0.3 is 53.5 Å². The van der Waals surface area contributed by atoms with E-state index in [4.69, 9.17) is 54.2 Å². The van der Waals surface area contributed by atoms with E-state index in [1.807, 2.05) is 0 Å². The van der Waals surface area contributed by atoms with Crippen LogP contribution in [0.15, 0.2) is 110 Å². The fourth-order valence-electron chi connectivity index (χ4n) is 13.6. The number of allylic oxidation sites excluding steroid dienone is 1. The summed E-state index contributed by atoms with van der Waals surface area (Å²) in [6.45, 7) is 32.2. The number of carbonyl (C=O) groups excluding carboxylic acids is 4. The second kappa shape index (κ2) is 31.6. The Labute approximate surface area is 551 Å². The summed E-state index contributed by atoms with van der Waals surface area (Å²) in [4.78, 5) is 93.1. The van der Waals surface area contributed by atoms with Crippen molar-refractivity contribution in [2.24, 2.45) is 5.92 Å². The number of likely N-dealkylation sites (tertiary alicyclic amines) is 2. The summed E-state index contributed by atoms with van der Waals surface area (Å²) < 4.78 is 12.7. The molecule has 2 aromatic heterocycles. The van der Waals surface area contributed by atoms with Gasteiger partial charge in [-0.2, -0.15) is 19.9 Å². The van der Waals surface area contributed by atoms with Crippen LogP contribution in [0.1, 0.15) is 61.0 Å². The van der Waals surface area contributed by atoms with Crippen molar-refractivity contribution in [2.45, 2.75) is 82.6 Å². The second-order valence-electron chi connectivity index (χ2n) is 25.1. The average molecular weight is 1280 g/mol. The maximum absolute atomic E-state index is 12.6. The van der Waals surface area contributed by atoms with E-state index in [1.54, 1.807) is 42.9 Å². The Kier molecular flexibility index (Phi) is 22.8. The number of ether oxygens (including phenoxy) is 2. The number of amides is 3. The van der Waals surface area contributed by atoms with E-state index in [-0.39, 0.29) is 42.4 Å². The zero-order chi connectivity index (χ0) is 65.5. The molecule has 0 saturated carbocycles. The maximum Gasteiger partial charge on any atom is 0.318 e. The van der Waals surface area contributed by atoms with E-state index >= 15 is 0 Å². The Morgan fingerprint density at radius 3 is 1.52 bits per heavy atom. The van der Waals surface area contributed by atoms with Gasteiger partial charge in [-0.05, 0) is 111 Å². The Bertz CT molecular complexity index is 3750. The van der Waals surface area contributed by atoms with E-state index in [1.165, 1.54) is 44.6 Å². The molecule has 0 bridgehead atoms. The van der Waals surface area contributed by atoms with Crippen LogP contribution in [0.25, 0.3) is 31.2 Å². The number of piperidine rings is 1. The Morgan fingerprint density at radius 1 is 0.570 bits per heavy atom. The van der Waals surface area contributed by atoms with Crippen LogP contribution in [-0.2, 0) is 45.1 Å². The molecule has 21 nitrogen and oxygen atoms in total. The molecule has 6 aliphatic heterocycles. The molecule has 0 spiro atoms. The first-order valence-electron chi connectivity index (χ1n) is 32.4. The Hall–Kier alpha value is -8.89. The molecule has 3 amide bonds. The predicted octanol–water partition coefficient (Wildman–Crippen LogP) is 8.44. The number of hydrogen-bond donors (Lipinski definition) is 0. The lowest BCUT2D eigenvalue weighted by atomic mass is 9.96. The van der Waals surface area contributed by atoms with E-state index in [0.717, 1.165) is 125 Å². The fraction of sp³-hybridized carbons (Fsp3) is 0.465. The number of nitrogens with zero attached hydrogens (tertiary/aromatic N) is 15. The van der Waals surface area contributed by atoms with Crippen LogP contribution < -0.4 is 29.1 Å². The third kappa shape index (κ3) is 16.5. The summed E-state index contributed by atoms with van der Waals surface area (Å²) in [5.74, 6) is 2.21. The molecule has 488 valence electrons. The van der Waals surface area contributed by atoms with Crippen molar-refractivity contribution < 1.29 is 28.7 Å². The predicted molar refractivity (Wildman–Crippen MR) is 366 cm³/mol. The number of hydrogen-bond acceptors (Lipinski definition) is 16. The highest BCUT2D eigenvalue weighted by Crippen LogP contribution is 2.38. The van der Waals surface area contributed by atoms with Gasteiger partial charge in [0.25, 0.3) is 0 Å². The highest BCUT2D eigenvalue weighted by atomic mass is 35.5. The van der Waals surface area contributed by atoms with Gasteiger partial charge in [0.1, 0.15) is 30.9 Å². The molecule has 3 unspecified atom stereocenters. The first-order chi connectivity index (χ1) is 45.1. The van der Waals surface area contributed by atoms with E-state index in [0.29, 0.717) is 83.5 Å². The van der Waals surface area contributed by atoms with Gasteiger partial charge in [-0.25, -0.2) is 13.1 Å². The quantitative estimate of drug-likeness (QED) is 0.0455. The van der Waals surface area contributed by atoms with Crippen LogP contribution in [0, 0.1) is 19.1 Å². The number of fused-ring (bicyclic) bond motifs is 4. The number of likely N-dealkylation sites (N-methyl/N-ethyl adjacent to an activating group) is 2. The number of aromatic nitrogens is 4. The lowest BCUT2D eigenvalue weighted by Gasteiger charge is -2.41. The highest BCUT2D eigenvalue weighted by molar-refractivity contribution is 6.66. The SMILES string of the molecule is C=CC(=O)Cl.[C-]#[N+]CC1CCCN(c2nc(OC[C@@H]3CCCN3CC(=O)N(C)C)nc3c2CCN(c2cccc4ccccc24)C3)C1.[C-]#[N+]CC1CN(c2nc(OCC3CCCN3CC(=O)N(C)C)nc3c2CCN(c2cccc4ccccc24)C3)CCN1C(=O)C=C. The van der Waals surface area contributed by atoms with Crippen LogP contribution in [0.2, 0.25) is 0 Å². The second-order valence-corrected chi connectivity index (χ2v) is 25.4. The third-order valence-electron chi connectivity index (χ3n) is 18.6. The van der Waals surface area contributed by atoms with Crippen molar-refractivity contribution in [1.29, 1.82) is 0 Å². The van der Waals surface area contributed by atoms with Crippen molar-refractivity contribution in [2.75, 3.05) is 146 Å². The monoisotopic (exact) mass is 1280 g/mol. The molecular weight excluding hydrogens is 1190 g/mol. The lowest BCUT2D eigenvalue weighted by molar-refractivity contribution is -0.131. The topological polar surface area (TPSA) is 176 Å². The van der Waals surface area contributed by atoms with Gasteiger partial charge in [-0.3, -0.25) is 29.0 Å². The summed E-state index contributed by atoms with van der Waals surface area (Å²) in [5.41, 5.74) is 6.65. The molecule has 0 N–H and O–H groups in total. The number of benzene rings is 4. The Morgan fingerprint density at radius 2 is 1.04 bits per heavy atom. The van der Waals surface area contributed by atoms with Crippen LogP contribution in [0.5, 0.6) is 12.0 Å². The van der Waals surface area contributed by atoms with Crippen LogP contribution in [-0.4, -0.2) is 212 Å². The van der Waals surface area contributed by atoms with Crippen molar-refractivity contribution in [3.05, 3.63) is 156 Å². The minimum absolute atomic E-state index is 0.0794. The average Bonchev–Trinajstić information content (AvgIpc) is 1.03. The first-order valence-corrected chi connectivity index (χ1v) is 32.8. The summed E-state index contributed by atoms with van der Waals surface area (Å²) in [7, 11) is 7.17. The summed E-state index contributed by atoms with van der Waals surface area (Å²) in [6.07, 6.45) is 10.2. The van der Waals surface area contributed by atoms with Crippen LogP contribution >= 0.6 is 11.6 Å². The summed E-state index contributed by atoms with van der Waals surface area (Å²) in [5, 5.41) is 4.38. The molecule has 93 heavy (non-hydrogen) atoms. The minimum atomic E-state index is -0.509. The first kappa shape index (κ1) is 67.0. The normalized spacial score (nSPS) is 19.6. The van der Waals surface area contributed by atoms with E-state index in [2.05, 4.69) is 137 Å². The minimum Gasteiger partial charge on any atom is -0.462 e. The smallest absolute Gasteiger partial charge is 0.318 e. The van der Waals surface area contributed by atoms with Crippen molar-refractivity contribution in [3.8, 4) is 12.0 Å².